The van der Waals surface area contributed by atoms with Gasteiger partial charge >= 0.3 is 0 Å². The standard InChI is InChI=1S/C12H10N4OS3/c13-16-10(17)11-14-7(5-18-11)6-19-12-15-8-3-1-2-4-9(8)20-12/h1-5H,6,13H2,(H,16,17). The van der Waals surface area contributed by atoms with Crippen LogP contribution in [0.2, 0.25) is 0 Å². The SMILES string of the molecule is NNC(=O)c1nc(CSc2nc3ccccc3s2)cs1. The first-order chi connectivity index (χ1) is 9.76. The first-order valence-corrected chi connectivity index (χ1v) is 8.38. The number of thioether (sulfide) groups is 1. The van der Waals surface area contributed by atoms with E-state index in [0.29, 0.717) is 10.8 Å². The van der Waals surface area contributed by atoms with E-state index in [1.54, 1.807) is 23.1 Å². The number of hydrogen-bond donors (Lipinski definition) is 2. The molecule has 1 amide bonds. The Morgan fingerprint density at radius 3 is 3.00 bits per heavy atom. The van der Waals surface area contributed by atoms with Crippen molar-refractivity contribution in [3.05, 3.63) is 40.3 Å². The zero-order valence-corrected chi connectivity index (χ0v) is 12.6. The molecule has 3 aromatic rings. The van der Waals surface area contributed by atoms with E-state index in [-0.39, 0.29) is 5.91 Å². The Morgan fingerprint density at radius 1 is 1.35 bits per heavy atom. The minimum atomic E-state index is -0.355. The van der Waals surface area contributed by atoms with Crippen molar-refractivity contribution >= 4 is 50.6 Å². The van der Waals surface area contributed by atoms with Gasteiger partial charge in [0.1, 0.15) is 0 Å². The summed E-state index contributed by atoms with van der Waals surface area (Å²) >= 11 is 4.57. The zero-order chi connectivity index (χ0) is 13.9. The van der Waals surface area contributed by atoms with Gasteiger partial charge in [0.15, 0.2) is 9.35 Å². The lowest BCUT2D eigenvalue weighted by Crippen LogP contribution is -2.29. The average Bonchev–Trinajstić information content (AvgIpc) is 3.10. The van der Waals surface area contributed by atoms with Crippen LogP contribution in [0.5, 0.6) is 0 Å². The summed E-state index contributed by atoms with van der Waals surface area (Å²) in [5.74, 6) is 5.41. The van der Waals surface area contributed by atoms with Gasteiger partial charge in [0.2, 0.25) is 0 Å². The molecule has 3 N–H and O–H groups in total. The first-order valence-electron chi connectivity index (χ1n) is 5.70. The van der Waals surface area contributed by atoms with Crippen molar-refractivity contribution in [1.29, 1.82) is 0 Å². The summed E-state index contributed by atoms with van der Waals surface area (Å²) in [4.78, 5) is 20.1. The fraction of sp³-hybridized carbons (Fsp3) is 0.0833. The van der Waals surface area contributed by atoms with Crippen molar-refractivity contribution in [2.75, 3.05) is 0 Å². The maximum absolute atomic E-state index is 11.3. The largest absolute Gasteiger partial charge is 0.294 e. The highest BCUT2D eigenvalue weighted by Crippen LogP contribution is 2.31. The van der Waals surface area contributed by atoms with E-state index in [4.69, 9.17) is 5.84 Å². The number of nitrogen functional groups attached to an aromatic ring is 1. The van der Waals surface area contributed by atoms with Crippen LogP contribution in [0.15, 0.2) is 34.0 Å². The van der Waals surface area contributed by atoms with Crippen LogP contribution in [0.1, 0.15) is 15.5 Å². The maximum atomic E-state index is 11.3. The van der Waals surface area contributed by atoms with E-state index in [2.05, 4.69) is 21.5 Å². The van der Waals surface area contributed by atoms with Gasteiger partial charge in [-0.2, -0.15) is 0 Å². The quantitative estimate of drug-likeness (QED) is 0.334. The fourth-order valence-electron chi connectivity index (χ4n) is 1.59. The Bertz CT molecular complexity index is 719. The molecule has 1 aromatic carbocycles. The molecule has 0 saturated carbocycles. The highest BCUT2D eigenvalue weighted by atomic mass is 32.2. The lowest BCUT2D eigenvalue weighted by atomic mass is 10.3. The molecule has 0 unspecified atom stereocenters. The Hall–Kier alpha value is -1.48. The smallest absolute Gasteiger partial charge is 0.288 e. The van der Waals surface area contributed by atoms with Gasteiger partial charge in [-0.15, -0.1) is 22.7 Å². The number of para-hydroxylation sites is 1. The molecule has 0 aliphatic rings. The number of carbonyl (C=O) groups excluding carboxylic acids is 1. The Labute approximate surface area is 127 Å². The molecule has 0 aliphatic heterocycles. The molecule has 8 heteroatoms. The lowest BCUT2D eigenvalue weighted by Gasteiger charge is -1.93. The Kier molecular flexibility index (Phi) is 3.97. The van der Waals surface area contributed by atoms with Crippen LogP contribution >= 0.6 is 34.4 Å². The van der Waals surface area contributed by atoms with Crippen LogP contribution < -0.4 is 11.3 Å². The number of carbonyl (C=O) groups is 1. The van der Waals surface area contributed by atoms with E-state index in [1.165, 1.54) is 16.0 Å². The third kappa shape index (κ3) is 2.83. The monoisotopic (exact) mass is 322 g/mol. The Balaban J connectivity index is 1.69. The predicted octanol–water partition coefficient (Wildman–Crippen LogP) is 2.65. The van der Waals surface area contributed by atoms with Gasteiger partial charge in [-0.25, -0.2) is 15.8 Å². The third-order valence-corrected chi connectivity index (χ3v) is 5.60. The maximum Gasteiger partial charge on any atom is 0.294 e. The number of fused-ring (bicyclic) bond motifs is 1. The second kappa shape index (κ2) is 5.88. The molecule has 0 atom stereocenters. The topological polar surface area (TPSA) is 80.9 Å². The van der Waals surface area contributed by atoms with Crippen LogP contribution in [-0.2, 0) is 5.75 Å². The molecule has 0 aliphatic carbocycles. The van der Waals surface area contributed by atoms with Crippen molar-refractivity contribution in [2.45, 2.75) is 10.1 Å². The molecule has 0 bridgehead atoms. The van der Waals surface area contributed by atoms with Gasteiger partial charge in [0.05, 0.1) is 15.9 Å². The highest BCUT2D eigenvalue weighted by Gasteiger charge is 2.10. The summed E-state index contributed by atoms with van der Waals surface area (Å²) in [5.41, 5.74) is 3.95. The molecule has 0 spiro atoms. The summed E-state index contributed by atoms with van der Waals surface area (Å²) in [7, 11) is 0. The number of thiazole rings is 2. The number of nitrogens with zero attached hydrogens (tertiary/aromatic N) is 2. The molecule has 2 heterocycles. The molecular weight excluding hydrogens is 312 g/mol. The summed E-state index contributed by atoms with van der Waals surface area (Å²) in [6.07, 6.45) is 0. The van der Waals surface area contributed by atoms with Gasteiger partial charge in [-0.1, -0.05) is 23.9 Å². The normalized spacial score (nSPS) is 10.8. The summed E-state index contributed by atoms with van der Waals surface area (Å²) in [6, 6.07) is 8.05. The van der Waals surface area contributed by atoms with Crippen LogP contribution in [0.4, 0.5) is 0 Å². The second-order valence-corrected chi connectivity index (χ2v) is 6.96. The van der Waals surface area contributed by atoms with Crippen molar-refractivity contribution in [3.8, 4) is 0 Å². The molecule has 3 rings (SSSR count). The molecule has 0 saturated heterocycles. The minimum absolute atomic E-state index is 0.355. The number of nitrogens with two attached hydrogens (primary N) is 1. The summed E-state index contributed by atoms with van der Waals surface area (Å²) in [5, 5.41) is 2.25. The summed E-state index contributed by atoms with van der Waals surface area (Å²) in [6.45, 7) is 0. The van der Waals surface area contributed by atoms with Crippen LogP contribution in [-0.4, -0.2) is 15.9 Å². The lowest BCUT2D eigenvalue weighted by molar-refractivity contribution is 0.0953. The van der Waals surface area contributed by atoms with Crippen LogP contribution in [0.25, 0.3) is 10.2 Å². The molecular formula is C12H10N4OS3. The van der Waals surface area contributed by atoms with E-state index < -0.39 is 0 Å². The van der Waals surface area contributed by atoms with E-state index in [9.17, 15) is 4.79 Å². The number of hydrazine groups is 1. The number of hydrogen-bond acceptors (Lipinski definition) is 7. The first kappa shape index (κ1) is 13.5. The minimum Gasteiger partial charge on any atom is -0.288 e. The van der Waals surface area contributed by atoms with Gasteiger partial charge in [0.25, 0.3) is 5.91 Å². The van der Waals surface area contributed by atoms with Gasteiger partial charge in [0, 0.05) is 11.1 Å². The van der Waals surface area contributed by atoms with Crippen molar-refractivity contribution < 1.29 is 4.79 Å². The Morgan fingerprint density at radius 2 is 2.20 bits per heavy atom. The zero-order valence-electron chi connectivity index (χ0n) is 10.2. The number of amides is 1. The number of benzene rings is 1. The molecule has 20 heavy (non-hydrogen) atoms. The molecule has 5 nitrogen and oxygen atoms in total. The van der Waals surface area contributed by atoms with Crippen molar-refractivity contribution in [3.63, 3.8) is 0 Å². The highest BCUT2D eigenvalue weighted by molar-refractivity contribution is 8.00. The predicted molar refractivity (Wildman–Crippen MR) is 82.9 cm³/mol. The molecule has 2 aromatic heterocycles. The van der Waals surface area contributed by atoms with Crippen LogP contribution in [0.3, 0.4) is 0 Å². The summed E-state index contributed by atoms with van der Waals surface area (Å²) < 4.78 is 2.18. The molecule has 0 radical (unpaired) electrons. The van der Waals surface area contributed by atoms with Crippen molar-refractivity contribution in [1.82, 2.24) is 15.4 Å². The van der Waals surface area contributed by atoms with Crippen molar-refractivity contribution in [2.24, 2.45) is 5.84 Å². The van der Waals surface area contributed by atoms with Gasteiger partial charge in [-0.3, -0.25) is 10.2 Å². The van der Waals surface area contributed by atoms with E-state index >= 15 is 0 Å². The van der Waals surface area contributed by atoms with Gasteiger partial charge in [-0.05, 0) is 12.1 Å². The third-order valence-electron chi connectivity index (χ3n) is 2.49. The number of nitrogens with one attached hydrogen (secondary N) is 1. The number of rotatable bonds is 4. The number of aromatic nitrogens is 2. The second-order valence-electron chi connectivity index (χ2n) is 3.85. The fourth-order valence-corrected chi connectivity index (χ4v) is 4.37. The van der Waals surface area contributed by atoms with Crippen LogP contribution in [0, 0.1) is 0 Å². The average molecular weight is 322 g/mol. The van der Waals surface area contributed by atoms with E-state index in [0.717, 1.165) is 15.6 Å². The van der Waals surface area contributed by atoms with Gasteiger partial charge < -0.3 is 0 Å². The molecule has 0 fully saturated rings. The van der Waals surface area contributed by atoms with E-state index in [1.807, 2.05) is 23.6 Å². The molecule has 102 valence electrons.